The van der Waals surface area contributed by atoms with Crippen molar-refractivity contribution in [1.29, 1.82) is 10.5 Å². The standard InChI is InChI=1S/C20H15N3/c21-13-17(14-22)19(15-6-2-1-3-7-15)12-18-11-10-16-8-4-5-9-20(16)23-18/h1-11,17,19H,12H2. The topological polar surface area (TPSA) is 60.5 Å². The summed E-state index contributed by atoms with van der Waals surface area (Å²) in [6, 6.07) is 25.9. The minimum Gasteiger partial charge on any atom is -0.253 e. The van der Waals surface area contributed by atoms with E-state index >= 15 is 0 Å². The van der Waals surface area contributed by atoms with Crippen molar-refractivity contribution in [2.45, 2.75) is 12.3 Å². The minimum atomic E-state index is -0.689. The van der Waals surface area contributed by atoms with E-state index in [2.05, 4.69) is 17.1 Å². The number of hydrogen-bond donors (Lipinski definition) is 0. The maximum absolute atomic E-state index is 9.31. The molecule has 0 saturated heterocycles. The number of benzene rings is 2. The maximum atomic E-state index is 9.31. The molecule has 23 heavy (non-hydrogen) atoms. The van der Waals surface area contributed by atoms with Crippen LogP contribution in [0.5, 0.6) is 0 Å². The Hall–Kier alpha value is -3.17. The Balaban J connectivity index is 1.97. The Morgan fingerprint density at radius 1 is 0.826 bits per heavy atom. The highest BCUT2D eigenvalue weighted by molar-refractivity contribution is 5.78. The molecule has 0 aliphatic carbocycles. The molecule has 3 rings (SSSR count). The fourth-order valence-corrected chi connectivity index (χ4v) is 2.78. The summed E-state index contributed by atoms with van der Waals surface area (Å²) in [5.74, 6) is -0.870. The zero-order valence-corrected chi connectivity index (χ0v) is 12.6. The zero-order valence-electron chi connectivity index (χ0n) is 12.6. The molecule has 3 aromatic rings. The molecule has 0 bridgehead atoms. The van der Waals surface area contributed by atoms with E-state index in [-0.39, 0.29) is 5.92 Å². The molecule has 0 aliphatic heterocycles. The van der Waals surface area contributed by atoms with Crippen molar-refractivity contribution in [3.05, 3.63) is 78.0 Å². The fourth-order valence-electron chi connectivity index (χ4n) is 2.78. The smallest absolute Gasteiger partial charge is 0.140 e. The highest BCUT2D eigenvalue weighted by atomic mass is 14.7. The molecule has 0 saturated carbocycles. The van der Waals surface area contributed by atoms with Crippen molar-refractivity contribution in [2.24, 2.45) is 5.92 Å². The third kappa shape index (κ3) is 3.20. The first-order valence-electron chi connectivity index (χ1n) is 7.50. The van der Waals surface area contributed by atoms with Crippen LogP contribution in [0, 0.1) is 28.6 Å². The quantitative estimate of drug-likeness (QED) is 0.724. The molecular formula is C20H15N3. The zero-order chi connectivity index (χ0) is 16.1. The predicted molar refractivity (Wildman–Crippen MR) is 89.3 cm³/mol. The van der Waals surface area contributed by atoms with Gasteiger partial charge in [-0.1, -0.05) is 54.6 Å². The van der Waals surface area contributed by atoms with Gasteiger partial charge in [0.1, 0.15) is 5.92 Å². The van der Waals surface area contributed by atoms with Crippen molar-refractivity contribution in [3.8, 4) is 12.1 Å². The lowest BCUT2D eigenvalue weighted by molar-refractivity contribution is 0.601. The van der Waals surface area contributed by atoms with Crippen LogP contribution < -0.4 is 0 Å². The van der Waals surface area contributed by atoms with Gasteiger partial charge in [-0.15, -0.1) is 0 Å². The largest absolute Gasteiger partial charge is 0.253 e. The van der Waals surface area contributed by atoms with Crippen LogP contribution in [0.3, 0.4) is 0 Å². The molecule has 0 radical (unpaired) electrons. The van der Waals surface area contributed by atoms with E-state index in [1.165, 1.54) is 0 Å². The molecule has 1 unspecified atom stereocenters. The summed E-state index contributed by atoms with van der Waals surface area (Å²) < 4.78 is 0. The Kier molecular flexibility index (Phi) is 4.32. The summed E-state index contributed by atoms with van der Waals surface area (Å²) in [6.07, 6.45) is 0.570. The second kappa shape index (κ2) is 6.73. The van der Waals surface area contributed by atoms with Crippen LogP contribution in [0.25, 0.3) is 10.9 Å². The minimum absolute atomic E-state index is 0.181. The van der Waals surface area contributed by atoms with Gasteiger partial charge in [-0.2, -0.15) is 10.5 Å². The van der Waals surface area contributed by atoms with Gasteiger partial charge in [0.2, 0.25) is 0 Å². The van der Waals surface area contributed by atoms with Crippen molar-refractivity contribution in [1.82, 2.24) is 4.98 Å². The average Bonchev–Trinajstić information content (AvgIpc) is 2.62. The number of nitriles is 2. The molecule has 1 heterocycles. The molecule has 1 atom stereocenters. The molecule has 1 aromatic heterocycles. The summed E-state index contributed by atoms with van der Waals surface area (Å²) in [5, 5.41) is 19.7. The van der Waals surface area contributed by atoms with E-state index in [1.807, 2.05) is 66.7 Å². The van der Waals surface area contributed by atoms with E-state index in [1.54, 1.807) is 0 Å². The summed E-state index contributed by atoms with van der Waals surface area (Å²) in [5.41, 5.74) is 2.82. The fraction of sp³-hybridized carbons (Fsp3) is 0.150. The van der Waals surface area contributed by atoms with Crippen LogP contribution >= 0.6 is 0 Å². The molecule has 3 nitrogen and oxygen atoms in total. The Morgan fingerprint density at radius 2 is 1.52 bits per heavy atom. The van der Waals surface area contributed by atoms with E-state index in [4.69, 9.17) is 0 Å². The van der Waals surface area contributed by atoms with E-state index < -0.39 is 5.92 Å². The first kappa shape index (κ1) is 14.8. The van der Waals surface area contributed by atoms with Gasteiger partial charge in [0.25, 0.3) is 0 Å². The molecule has 0 amide bonds. The van der Waals surface area contributed by atoms with Crippen LogP contribution in [0.2, 0.25) is 0 Å². The SMILES string of the molecule is N#CC(C#N)C(Cc1ccc2ccccc2n1)c1ccccc1. The maximum Gasteiger partial charge on any atom is 0.140 e. The summed E-state index contributed by atoms with van der Waals surface area (Å²) >= 11 is 0. The van der Waals surface area contributed by atoms with Gasteiger partial charge in [-0.25, -0.2) is 0 Å². The van der Waals surface area contributed by atoms with Crippen LogP contribution in [0.1, 0.15) is 17.2 Å². The molecule has 0 fully saturated rings. The van der Waals surface area contributed by atoms with Crippen molar-refractivity contribution in [2.75, 3.05) is 0 Å². The monoisotopic (exact) mass is 297 g/mol. The van der Waals surface area contributed by atoms with Gasteiger partial charge in [0, 0.05) is 17.0 Å². The van der Waals surface area contributed by atoms with Crippen LogP contribution in [-0.4, -0.2) is 4.98 Å². The van der Waals surface area contributed by atoms with Crippen LogP contribution in [0.4, 0.5) is 0 Å². The van der Waals surface area contributed by atoms with Crippen molar-refractivity contribution < 1.29 is 0 Å². The number of pyridine rings is 1. The van der Waals surface area contributed by atoms with Crippen LogP contribution in [0.15, 0.2) is 66.7 Å². The molecule has 0 N–H and O–H groups in total. The lowest BCUT2D eigenvalue weighted by Gasteiger charge is -2.17. The summed E-state index contributed by atoms with van der Waals surface area (Å²) in [6.45, 7) is 0. The van der Waals surface area contributed by atoms with E-state index in [0.29, 0.717) is 6.42 Å². The van der Waals surface area contributed by atoms with Gasteiger partial charge < -0.3 is 0 Å². The lowest BCUT2D eigenvalue weighted by Crippen LogP contribution is -2.13. The number of fused-ring (bicyclic) bond motifs is 1. The normalized spacial score (nSPS) is 11.8. The van der Waals surface area contributed by atoms with E-state index in [0.717, 1.165) is 22.2 Å². The van der Waals surface area contributed by atoms with Gasteiger partial charge in [0.05, 0.1) is 17.7 Å². The summed E-state index contributed by atoms with van der Waals surface area (Å²) in [4.78, 5) is 4.67. The highest BCUT2D eigenvalue weighted by Gasteiger charge is 2.23. The first-order chi connectivity index (χ1) is 11.3. The molecule has 0 spiro atoms. The average molecular weight is 297 g/mol. The van der Waals surface area contributed by atoms with E-state index in [9.17, 15) is 10.5 Å². The Bertz CT molecular complexity index is 874. The molecule has 0 aliphatic rings. The number of hydrogen-bond acceptors (Lipinski definition) is 3. The van der Waals surface area contributed by atoms with Gasteiger partial charge in [-0.05, 0) is 24.1 Å². The van der Waals surface area contributed by atoms with Gasteiger partial charge in [0.15, 0.2) is 0 Å². The number of nitrogens with zero attached hydrogens (tertiary/aromatic N) is 3. The Labute approximate surface area is 135 Å². The number of rotatable bonds is 4. The second-order valence-corrected chi connectivity index (χ2v) is 5.45. The third-order valence-corrected chi connectivity index (χ3v) is 3.99. The molecule has 3 heteroatoms. The second-order valence-electron chi connectivity index (χ2n) is 5.45. The Morgan fingerprint density at radius 3 is 2.26 bits per heavy atom. The predicted octanol–water partition coefficient (Wildman–Crippen LogP) is 4.22. The number of para-hydroxylation sites is 1. The van der Waals surface area contributed by atoms with Gasteiger partial charge >= 0.3 is 0 Å². The van der Waals surface area contributed by atoms with Crippen LogP contribution in [-0.2, 0) is 6.42 Å². The van der Waals surface area contributed by atoms with Crippen molar-refractivity contribution >= 4 is 10.9 Å². The number of aromatic nitrogens is 1. The molecule has 2 aromatic carbocycles. The van der Waals surface area contributed by atoms with Gasteiger partial charge in [-0.3, -0.25) is 4.98 Å². The first-order valence-corrected chi connectivity index (χ1v) is 7.50. The molecular weight excluding hydrogens is 282 g/mol. The summed E-state index contributed by atoms with van der Waals surface area (Å²) in [7, 11) is 0. The van der Waals surface area contributed by atoms with Crippen molar-refractivity contribution in [3.63, 3.8) is 0 Å². The lowest BCUT2D eigenvalue weighted by atomic mass is 9.84. The molecule has 110 valence electrons. The third-order valence-electron chi connectivity index (χ3n) is 3.99. The highest BCUT2D eigenvalue weighted by Crippen LogP contribution is 2.28.